The predicted octanol–water partition coefficient (Wildman–Crippen LogP) is 3.86. The van der Waals surface area contributed by atoms with Gasteiger partial charge in [-0.1, -0.05) is 30.3 Å². The second-order valence-corrected chi connectivity index (χ2v) is 4.99. The van der Waals surface area contributed by atoms with E-state index in [4.69, 9.17) is 0 Å². The lowest BCUT2D eigenvalue weighted by Crippen LogP contribution is -2.07. The summed E-state index contributed by atoms with van der Waals surface area (Å²) in [5, 5.41) is 0. The minimum atomic E-state index is 0.266. The van der Waals surface area contributed by atoms with Crippen molar-refractivity contribution in [1.82, 2.24) is 14.5 Å². The van der Waals surface area contributed by atoms with Crippen molar-refractivity contribution < 1.29 is 0 Å². The van der Waals surface area contributed by atoms with Gasteiger partial charge in [-0.05, 0) is 31.0 Å². The van der Waals surface area contributed by atoms with Crippen LogP contribution in [0.1, 0.15) is 24.1 Å². The van der Waals surface area contributed by atoms with Gasteiger partial charge < -0.3 is 4.57 Å². The Bertz CT molecular complexity index is 687. The summed E-state index contributed by atoms with van der Waals surface area (Å²) >= 11 is 0. The molecular weight excluding hydrogens is 246 g/mol. The van der Waals surface area contributed by atoms with Crippen LogP contribution in [0.4, 0.5) is 0 Å². The lowest BCUT2D eigenvalue weighted by atomic mass is 10.1. The van der Waals surface area contributed by atoms with Crippen molar-refractivity contribution in [2.24, 2.45) is 0 Å². The number of nitrogens with zero attached hydrogens (tertiary/aromatic N) is 3. The van der Waals surface area contributed by atoms with E-state index in [0.717, 1.165) is 11.4 Å². The third kappa shape index (κ3) is 2.35. The Kier molecular flexibility index (Phi) is 3.33. The molecule has 1 unspecified atom stereocenters. The van der Waals surface area contributed by atoms with Crippen LogP contribution in [-0.4, -0.2) is 14.5 Å². The Morgan fingerprint density at radius 2 is 1.90 bits per heavy atom. The number of aryl methyl sites for hydroxylation is 1. The maximum absolute atomic E-state index is 4.42. The molecule has 0 radical (unpaired) electrons. The molecule has 0 spiro atoms. The average molecular weight is 263 g/mol. The molecule has 0 aliphatic carbocycles. The van der Waals surface area contributed by atoms with Crippen molar-refractivity contribution in [3.05, 3.63) is 72.3 Å². The minimum Gasteiger partial charge on any atom is -0.339 e. The molecule has 0 amide bonds. The number of rotatable bonds is 3. The molecule has 0 saturated carbocycles. The highest BCUT2D eigenvalue weighted by molar-refractivity contribution is 5.56. The zero-order valence-corrected chi connectivity index (χ0v) is 11.7. The molecule has 100 valence electrons. The number of hydrogen-bond acceptors (Lipinski definition) is 2. The van der Waals surface area contributed by atoms with Crippen molar-refractivity contribution in [2.45, 2.75) is 19.9 Å². The molecule has 0 aliphatic rings. The van der Waals surface area contributed by atoms with Crippen molar-refractivity contribution in [2.75, 3.05) is 0 Å². The smallest absolute Gasteiger partial charge is 0.105 e. The van der Waals surface area contributed by atoms with E-state index < -0.39 is 0 Å². The highest BCUT2D eigenvalue weighted by atomic mass is 15.0. The van der Waals surface area contributed by atoms with Gasteiger partial charge in [0.05, 0.1) is 17.9 Å². The zero-order chi connectivity index (χ0) is 13.9. The van der Waals surface area contributed by atoms with Crippen LogP contribution in [0, 0.1) is 6.92 Å². The maximum atomic E-state index is 4.42. The Morgan fingerprint density at radius 3 is 2.60 bits per heavy atom. The molecule has 3 nitrogen and oxygen atoms in total. The second kappa shape index (κ2) is 5.29. The van der Waals surface area contributed by atoms with E-state index in [1.807, 2.05) is 12.3 Å². The molecule has 1 aromatic carbocycles. The number of hydrogen-bond donors (Lipinski definition) is 0. The number of benzene rings is 1. The molecule has 0 saturated heterocycles. The van der Waals surface area contributed by atoms with E-state index in [-0.39, 0.29) is 6.04 Å². The fraction of sp³-hybridized carbons (Fsp3) is 0.176. The summed E-state index contributed by atoms with van der Waals surface area (Å²) in [6, 6.07) is 12.9. The summed E-state index contributed by atoms with van der Waals surface area (Å²) in [4.78, 5) is 8.58. The third-order valence-corrected chi connectivity index (χ3v) is 3.51. The minimum absolute atomic E-state index is 0.266. The van der Waals surface area contributed by atoms with Gasteiger partial charge in [0, 0.05) is 18.6 Å². The topological polar surface area (TPSA) is 30.7 Å². The van der Waals surface area contributed by atoms with E-state index in [1.165, 1.54) is 11.1 Å². The van der Waals surface area contributed by atoms with Gasteiger partial charge in [-0.2, -0.15) is 0 Å². The summed E-state index contributed by atoms with van der Waals surface area (Å²) in [5.41, 5.74) is 4.53. The van der Waals surface area contributed by atoms with E-state index in [1.54, 1.807) is 12.4 Å². The van der Waals surface area contributed by atoms with Crippen molar-refractivity contribution in [1.29, 1.82) is 0 Å². The van der Waals surface area contributed by atoms with Crippen LogP contribution in [-0.2, 0) is 0 Å². The normalized spacial score (nSPS) is 12.3. The summed E-state index contributed by atoms with van der Waals surface area (Å²) in [5.74, 6) is 0. The van der Waals surface area contributed by atoms with Crippen molar-refractivity contribution in [3.63, 3.8) is 0 Å². The number of aromatic nitrogens is 3. The summed E-state index contributed by atoms with van der Waals surface area (Å²) in [7, 11) is 0. The van der Waals surface area contributed by atoms with Crippen LogP contribution in [0.2, 0.25) is 0 Å². The molecule has 2 heterocycles. The van der Waals surface area contributed by atoms with E-state index in [2.05, 4.69) is 64.9 Å². The lowest BCUT2D eigenvalue weighted by molar-refractivity contribution is 0.647. The second-order valence-electron chi connectivity index (χ2n) is 4.99. The molecule has 2 aromatic heterocycles. The summed E-state index contributed by atoms with van der Waals surface area (Å²) in [6.07, 6.45) is 7.41. The average Bonchev–Trinajstić information content (AvgIpc) is 2.90. The van der Waals surface area contributed by atoms with Gasteiger partial charge in [0.1, 0.15) is 5.69 Å². The summed E-state index contributed by atoms with van der Waals surface area (Å²) in [6.45, 7) is 4.31. The van der Waals surface area contributed by atoms with Gasteiger partial charge in [-0.25, -0.2) is 0 Å². The lowest BCUT2D eigenvalue weighted by Gasteiger charge is -2.17. The van der Waals surface area contributed by atoms with Gasteiger partial charge >= 0.3 is 0 Å². The van der Waals surface area contributed by atoms with Gasteiger partial charge in [0.2, 0.25) is 0 Å². The highest BCUT2D eigenvalue weighted by Crippen LogP contribution is 2.27. The van der Waals surface area contributed by atoms with E-state index in [0.29, 0.717) is 0 Å². The molecule has 0 fully saturated rings. The molecule has 0 N–H and O–H groups in total. The van der Waals surface area contributed by atoms with Gasteiger partial charge in [0.25, 0.3) is 0 Å². The van der Waals surface area contributed by atoms with Crippen LogP contribution in [0.25, 0.3) is 11.4 Å². The SMILES string of the molecule is Cc1cc(-c2cnccn2)n(C(C)c2ccccc2)c1. The Balaban J connectivity index is 2.07. The van der Waals surface area contributed by atoms with E-state index >= 15 is 0 Å². The largest absolute Gasteiger partial charge is 0.339 e. The molecule has 3 rings (SSSR count). The predicted molar refractivity (Wildman–Crippen MR) is 80.5 cm³/mol. The monoisotopic (exact) mass is 263 g/mol. The molecule has 0 bridgehead atoms. The van der Waals surface area contributed by atoms with Crippen LogP contribution in [0.15, 0.2) is 61.2 Å². The first-order valence-electron chi connectivity index (χ1n) is 6.75. The molecule has 0 aliphatic heterocycles. The summed E-state index contributed by atoms with van der Waals surface area (Å²) < 4.78 is 2.26. The maximum Gasteiger partial charge on any atom is 0.105 e. The van der Waals surface area contributed by atoms with Crippen molar-refractivity contribution in [3.8, 4) is 11.4 Å². The Hall–Kier alpha value is -2.42. The molecule has 3 heteroatoms. The van der Waals surface area contributed by atoms with Crippen LogP contribution in [0.3, 0.4) is 0 Å². The molecule has 1 atom stereocenters. The Labute approximate surface area is 118 Å². The van der Waals surface area contributed by atoms with Crippen LogP contribution < -0.4 is 0 Å². The molecule has 3 aromatic rings. The first kappa shape index (κ1) is 12.6. The fourth-order valence-corrected chi connectivity index (χ4v) is 2.47. The van der Waals surface area contributed by atoms with Gasteiger partial charge in [-0.15, -0.1) is 0 Å². The van der Waals surface area contributed by atoms with Gasteiger partial charge in [0.15, 0.2) is 0 Å². The first-order valence-corrected chi connectivity index (χ1v) is 6.75. The zero-order valence-electron chi connectivity index (χ0n) is 11.7. The quantitative estimate of drug-likeness (QED) is 0.718. The Morgan fingerprint density at radius 1 is 1.10 bits per heavy atom. The highest BCUT2D eigenvalue weighted by Gasteiger charge is 2.14. The van der Waals surface area contributed by atoms with Crippen LogP contribution >= 0.6 is 0 Å². The third-order valence-electron chi connectivity index (χ3n) is 3.51. The fourth-order valence-electron chi connectivity index (χ4n) is 2.47. The molecular formula is C17H17N3. The standard InChI is InChI=1S/C17H17N3/c1-13-10-17(16-11-18-8-9-19-16)20(12-13)14(2)15-6-4-3-5-7-15/h3-12,14H,1-2H3. The van der Waals surface area contributed by atoms with Crippen molar-refractivity contribution >= 4 is 0 Å². The van der Waals surface area contributed by atoms with Gasteiger partial charge in [-0.3, -0.25) is 9.97 Å². The molecule has 20 heavy (non-hydrogen) atoms. The van der Waals surface area contributed by atoms with E-state index in [9.17, 15) is 0 Å². The van der Waals surface area contributed by atoms with Crippen LogP contribution in [0.5, 0.6) is 0 Å². The first-order chi connectivity index (χ1) is 9.75.